The number of halogens is 1. The van der Waals surface area contributed by atoms with E-state index in [0.29, 0.717) is 0 Å². The summed E-state index contributed by atoms with van der Waals surface area (Å²) < 4.78 is 0. The summed E-state index contributed by atoms with van der Waals surface area (Å²) in [6.07, 6.45) is 1.46. The molecule has 1 rings (SSSR count). The van der Waals surface area contributed by atoms with Crippen LogP contribution in [0, 0.1) is 5.92 Å². The molecule has 0 aliphatic carbocycles. The number of nitrogens with zero attached hydrogens (tertiary/aromatic N) is 2. The lowest BCUT2D eigenvalue weighted by Crippen LogP contribution is -2.40. The first-order valence-corrected chi connectivity index (χ1v) is 4.93. The molecule has 0 aliphatic rings. The first-order valence-electron chi connectivity index (χ1n) is 4.55. The van der Waals surface area contributed by atoms with E-state index in [2.05, 4.69) is 15.3 Å². The second-order valence-corrected chi connectivity index (χ2v) is 3.85. The Morgan fingerprint density at radius 3 is 2.80 bits per heavy atom. The third-order valence-corrected chi connectivity index (χ3v) is 2.09. The summed E-state index contributed by atoms with van der Waals surface area (Å²) in [5.74, 6) is -0.0833. The third kappa shape index (κ3) is 3.45. The molecule has 0 saturated heterocycles. The molecule has 0 spiro atoms. The van der Waals surface area contributed by atoms with Crippen LogP contribution in [0.3, 0.4) is 0 Å². The zero-order valence-corrected chi connectivity index (χ0v) is 9.32. The molecule has 6 heteroatoms. The average molecular weight is 229 g/mol. The minimum Gasteiger partial charge on any atom is -0.320 e. The van der Waals surface area contributed by atoms with Crippen molar-refractivity contribution < 1.29 is 4.79 Å². The van der Waals surface area contributed by atoms with E-state index in [1.165, 1.54) is 12.3 Å². The Balaban J connectivity index is 2.66. The Morgan fingerprint density at radius 1 is 1.60 bits per heavy atom. The molecular formula is C9H13ClN4O. The summed E-state index contributed by atoms with van der Waals surface area (Å²) >= 11 is 5.64. The van der Waals surface area contributed by atoms with Gasteiger partial charge in [-0.2, -0.15) is 0 Å². The first-order chi connectivity index (χ1) is 7.00. The highest BCUT2D eigenvalue weighted by molar-refractivity contribution is 6.29. The van der Waals surface area contributed by atoms with Crippen molar-refractivity contribution in [1.29, 1.82) is 0 Å². The van der Waals surface area contributed by atoms with Gasteiger partial charge < -0.3 is 5.73 Å². The van der Waals surface area contributed by atoms with Gasteiger partial charge in [0.25, 0.3) is 0 Å². The predicted octanol–water partition coefficient (Wildman–Crippen LogP) is 1.05. The van der Waals surface area contributed by atoms with Gasteiger partial charge in [-0.25, -0.2) is 9.97 Å². The summed E-state index contributed by atoms with van der Waals surface area (Å²) in [4.78, 5) is 19.2. The largest absolute Gasteiger partial charge is 0.320 e. The van der Waals surface area contributed by atoms with Crippen LogP contribution in [0.5, 0.6) is 0 Å². The smallest absolute Gasteiger partial charge is 0.243 e. The summed E-state index contributed by atoms with van der Waals surface area (Å²) in [7, 11) is 0. The topological polar surface area (TPSA) is 80.9 Å². The Hall–Kier alpha value is -1.20. The van der Waals surface area contributed by atoms with Crippen LogP contribution in [0.15, 0.2) is 12.3 Å². The molecule has 0 radical (unpaired) electrons. The van der Waals surface area contributed by atoms with Crippen LogP contribution < -0.4 is 11.1 Å². The minimum absolute atomic E-state index is 0.0594. The lowest BCUT2D eigenvalue weighted by atomic mass is 10.1. The summed E-state index contributed by atoms with van der Waals surface area (Å²) in [6.45, 7) is 3.73. The highest BCUT2D eigenvalue weighted by Crippen LogP contribution is 2.07. The number of nitrogens with one attached hydrogen (secondary N) is 1. The summed E-state index contributed by atoms with van der Waals surface area (Å²) in [6, 6.07) is 0.951. The van der Waals surface area contributed by atoms with Gasteiger partial charge in [0.15, 0.2) is 0 Å². The fraction of sp³-hybridized carbons (Fsp3) is 0.444. The van der Waals surface area contributed by atoms with Crippen LogP contribution in [0.1, 0.15) is 13.8 Å². The van der Waals surface area contributed by atoms with E-state index in [1.54, 1.807) is 0 Å². The highest BCUT2D eigenvalue weighted by atomic mass is 35.5. The molecule has 0 unspecified atom stereocenters. The maximum absolute atomic E-state index is 11.5. The number of hydrogen-bond acceptors (Lipinski definition) is 4. The molecule has 1 atom stereocenters. The molecule has 3 N–H and O–H groups in total. The van der Waals surface area contributed by atoms with Gasteiger partial charge in [0.1, 0.15) is 5.15 Å². The van der Waals surface area contributed by atoms with Crippen molar-refractivity contribution in [3.05, 3.63) is 17.4 Å². The number of hydrogen-bond donors (Lipinski definition) is 2. The molecule has 0 bridgehead atoms. The average Bonchev–Trinajstić information content (AvgIpc) is 2.16. The Labute approximate surface area is 93.0 Å². The van der Waals surface area contributed by atoms with Gasteiger partial charge in [-0.15, -0.1) is 0 Å². The van der Waals surface area contributed by atoms with E-state index in [1.807, 2.05) is 13.8 Å². The van der Waals surface area contributed by atoms with Gasteiger partial charge in [0.05, 0.1) is 6.04 Å². The fourth-order valence-corrected chi connectivity index (χ4v) is 1.03. The Kier molecular flexibility index (Phi) is 3.99. The highest BCUT2D eigenvalue weighted by Gasteiger charge is 2.17. The summed E-state index contributed by atoms with van der Waals surface area (Å²) in [5, 5.41) is 2.77. The molecule has 15 heavy (non-hydrogen) atoms. The minimum atomic E-state index is -0.576. The zero-order chi connectivity index (χ0) is 11.4. The van der Waals surface area contributed by atoms with Crippen molar-refractivity contribution in [2.45, 2.75) is 19.9 Å². The molecule has 1 amide bonds. The van der Waals surface area contributed by atoms with Crippen LogP contribution in [-0.4, -0.2) is 21.9 Å². The molecule has 0 saturated carbocycles. The van der Waals surface area contributed by atoms with Crippen molar-refractivity contribution in [2.24, 2.45) is 11.7 Å². The van der Waals surface area contributed by atoms with Crippen LogP contribution in [0.2, 0.25) is 5.15 Å². The van der Waals surface area contributed by atoms with Crippen LogP contribution in [0.4, 0.5) is 5.95 Å². The van der Waals surface area contributed by atoms with Gasteiger partial charge >= 0.3 is 0 Å². The predicted molar refractivity (Wildman–Crippen MR) is 58.5 cm³/mol. The molecule has 82 valence electrons. The monoisotopic (exact) mass is 228 g/mol. The van der Waals surface area contributed by atoms with E-state index in [0.717, 1.165) is 0 Å². The Morgan fingerprint density at radius 2 is 2.27 bits per heavy atom. The van der Waals surface area contributed by atoms with E-state index >= 15 is 0 Å². The van der Waals surface area contributed by atoms with E-state index in [4.69, 9.17) is 17.3 Å². The van der Waals surface area contributed by atoms with Gasteiger partial charge in [-0.3, -0.25) is 10.1 Å². The molecular weight excluding hydrogens is 216 g/mol. The molecule has 5 nitrogen and oxygen atoms in total. The van der Waals surface area contributed by atoms with E-state index < -0.39 is 6.04 Å². The number of nitrogens with two attached hydrogens (primary N) is 1. The standard InChI is InChI=1S/C9H13ClN4O/c1-5(2)7(11)8(15)14-9-12-4-3-6(10)13-9/h3-5,7H,11H2,1-2H3,(H,12,13,14,15)/t7-/m1/s1. The normalized spacial score (nSPS) is 12.6. The number of carbonyl (C=O) groups excluding carboxylic acids is 1. The van der Waals surface area contributed by atoms with Gasteiger partial charge in [0.2, 0.25) is 11.9 Å². The Bertz CT molecular complexity index is 356. The lowest BCUT2D eigenvalue weighted by molar-refractivity contribution is -0.118. The number of amides is 1. The molecule has 0 aromatic carbocycles. The van der Waals surface area contributed by atoms with Crippen LogP contribution in [-0.2, 0) is 4.79 Å². The van der Waals surface area contributed by atoms with Crippen LogP contribution in [0.25, 0.3) is 0 Å². The zero-order valence-electron chi connectivity index (χ0n) is 8.57. The van der Waals surface area contributed by atoms with Gasteiger partial charge in [0, 0.05) is 6.20 Å². The van der Waals surface area contributed by atoms with Gasteiger partial charge in [-0.05, 0) is 12.0 Å². The molecule has 0 fully saturated rings. The number of aromatic nitrogens is 2. The van der Waals surface area contributed by atoms with Crippen molar-refractivity contribution in [3.63, 3.8) is 0 Å². The second-order valence-electron chi connectivity index (χ2n) is 3.46. The molecule has 0 aliphatic heterocycles. The maximum atomic E-state index is 11.5. The number of rotatable bonds is 3. The van der Waals surface area contributed by atoms with Crippen LogP contribution >= 0.6 is 11.6 Å². The quantitative estimate of drug-likeness (QED) is 0.758. The second kappa shape index (κ2) is 5.04. The molecule has 1 aromatic rings. The van der Waals surface area contributed by atoms with Crippen molar-refractivity contribution in [1.82, 2.24) is 9.97 Å². The lowest BCUT2D eigenvalue weighted by Gasteiger charge is -2.14. The van der Waals surface area contributed by atoms with Crippen molar-refractivity contribution in [3.8, 4) is 0 Å². The summed E-state index contributed by atoms with van der Waals surface area (Å²) in [5.41, 5.74) is 5.65. The first kappa shape index (κ1) is 11.9. The van der Waals surface area contributed by atoms with E-state index in [-0.39, 0.29) is 22.9 Å². The fourth-order valence-electron chi connectivity index (χ4n) is 0.893. The number of anilines is 1. The number of carbonyl (C=O) groups is 1. The SMILES string of the molecule is CC(C)[C@@H](N)C(=O)Nc1nccc(Cl)n1. The van der Waals surface area contributed by atoms with Crippen molar-refractivity contribution >= 4 is 23.5 Å². The van der Waals surface area contributed by atoms with Gasteiger partial charge in [-0.1, -0.05) is 25.4 Å². The molecule has 1 heterocycles. The third-order valence-electron chi connectivity index (χ3n) is 1.88. The molecule has 1 aromatic heterocycles. The van der Waals surface area contributed by atoms with E-state index in [9.17, 15) is 4.79 Å². The van der Waals surface area contributed by atoms with Crippen molar-refractivity contribution in [2.75, 3.05) is 5.32 Å². The maximum Gasteiger partial charge on any atom is 0.243 e.